The third kappa shape index (κ3) is 3.00. The molecule has 2 rings (SSSR count). The standard InChI is InChI=1S/C12H19N3O/c13-6-1-2-12-14-7-3-11(15-12)10-4-8-16-9-5-10/h3,7,10H,1-2,4-6,8-9,13H2. The summed E-state index contributed by atoms with van der Waals surface area (Å²) in [7, 11) is 0. The predicted molar refractivity (Wildman–Crippen MR) is 62.2 cm³/mol. The SMILES string of the molecule is NCCCc1nccc(C2CCOCC2)n1. The molecule has 2 heterocycles. The first-order valence-electron chi connectivity index (χ1n) is 6.00. The monoisotopic (exact) mass is 221 g/mol. The van der Waals surface area contributed by atoms with E-state index in [-0.39, 0.29) is 0 Å². The van der Waals surface area contributed by atoms with Gasteiger partial charge >= 0.3 is 0 Å². The number of hydrogen-bond donors (Lipinski definition) is 1. The number of nitrogens with two attached hydrogens (primary N) is 1. The van der Waals surface area contributed by atoms with Crippen LogP contribution in [-0.4, -0.2) is 29.7 Å². The first kappa shape index (κ1) is 11.5. The average Bonchev–Trinajstić information content (AvgIpc) is 2.38. The maximum Gasteiger partial charge on any atom is 0.128 e. The minimum absolute atomic E-state index is 0.549. The Morgan fingerprint density at radius 3 is 2.94 bits per heavy atom. The second-order valence-electron chi connectivity index (χ2n) is 4.18. The smallest absolute Gasteiger partial charge is 0.128 e. The van der Waals surface area contributed by atoms with Crippen LogP contribution in [0.2, 0.25) is 0 Å². The molecule has 0 aromatic carbocycles. The fourth-order valence-corrected chi connectivity index (χ4v) is 2.02. The lowest BCUT2D eigenvalue weighted by molar-refractivity contribution is 0.0844. The van der Waals surface area contributed by atoms with Crippen molar-refractivity contribution < 1.29 is 4.74 Å². The van der Waals surface area contributed by atoms with E-state index in [1.54, 1.807) is 0 Å². The van der Waals surface area contributed by atoms with Crippen molar-refractivity contribution in [1.82, 2.24) is 9.97 Å². The molecule has 1 aliphatic rings. The van der Waals surface area contributed by atoms with Crippen LogP contribution in [0.25, 0.3) is 0 Å². The molecule has 1 aromatic heterocycles. The number of hydrogen-bond acceptors (Lipinski definition) is 4. The largest absolute Gasteiger partial charge is 0.381 e. The Bertz CT molecular complexity index is 324. The molecule has 0 bridgehead atoms. The highest BCUT2D eigenvalue weighted by atomic mass is 16.5. The van der Waals surface area contributed by atoms with E-state index in [9.17, 15) is 0 Å². The lowest BCUT2D eigenvalue weighted by Gasteiger charge is -2.21. The van der Waals surface area contributed by atoms with Crippen LogP contribution in [0, 0.1) is 0 Å². The summed E-state index contributed by atoms with van der Waals surface area (Å²) < 4.78 is 5.36. The zero-order chi connectivity index (χ0) is 11.2. The summed E-state index contributed by atoms with van der Waals surface area (Å²) in [6.45, 7) is 2.41. The predicted octanol–water partition coefficient (Wildman–Crippen LogP) is 1.26. The normalized spacial score (nSPS) is 17.6. The van der Waals surface area contributed by atoms with Crippen molar-refractivity contribution in [3.05, 3.63) is 23.8 Å². The molecule has 0 atom stereocenters. The van der Waals surface area contributed by atoms with Crippen molar-refractivity contribution >= 4 is 0 Å². The van der Waals surface area contributed by atoms with Gasteiger partial charge < -0.3 is 10.5 Å². The summed E-state index contributed by atoms with van der Waals surface area (Å²) in [6, 6.07) is 2.03. The Kier molecular flexibility index (Phi) is 4.25. The molecule has 1 aliphatic heterocycles. The van der Waals surface area contributed by atoms with Gasteiger partial charge in [-0.3, -0.25) is 0 Å². The van der Waals surface area contributed by atoms with Gasteiger partial charge in [0.15, 0.2) is 0 Å². The molecule has 0 amide bonds. The van der Waals surface area contributed by atoms with Gasteiger partial charge in [-0.05, 0) is 31.9 Å². The molecule has 88 valence electrons. The Labute approximate surface area is 96.2 Å². The molecule has 16 heavy (non-hydrogen) atoms. The molecule has 0 radical (unpaired) electrons. The highest BCUT2D eigenvalue weighted by molar-refractivity contribution is 5.09. The van der Waals surface area contributed by atoms with Gasteiger partial charge in [0.1, 0.15) is 5.82 Å². The zero-order valence-corrected chi connectivity index (χ0v) is 9.56. The third-order valence-electron chi connectivity index (χ3n) is 2.97. The van der Waals surface area contributed by atoms with Gasteiger partial charge in [-0.15, -0.1) is 0 Å². The first-order chi connectivity index (χ1) is 7.90. The van der Waals surface area contributed by atoms with Gasteiger partial charge in [0.25, 0.3) is 0 Å². The van der Waals surface area contributed by atoms with E-state index >= 15 is 0 Å². The molecule has 0 saturated carbocycles. The van der Waals surface area contributed by atoms with Crippen molar-refractivity contribution in [3.8, 4) is 0 Å². The molecular formula is C12H19N3O. The average molecular weight is 221 g/mol. The number of aryl methyl sites for hydroxylation is 1. The maximum atomic E-state index is 5.49. The van der Waals surface area contributed by atoms with Crippen LogP contribution in [0.5, 0.6) is 0 Å². The summed E-state index contributed by atoms with van der Waals surface area (Å²) in [4.78, 5) is 8.89. The van der Waals surface area contributed by atoms with Crippen molar-refractivity contribution in [2.24, 2.45) is 5.73 Å². The van der Waals surface area contributed by atoms with Crippen LogP contribution in [0.1, 0.15) is 36.7 Å². The number of rotatable bonds is 4. The van der Waals surface area contributed by atoms with Crippen LogP contribution in [0.4, 0.5) is 0 Å². The van der Waals surface area contributed by atoms with Gasteiger partial charge in [-0.25, -0.2) is 9.97 Å². The van der Waals surface area contributed by atoms with Crippen LogP contribution in [0.3, 0.4) is 0 Å². The summed E-state index contributed by atoms with van der Waals surface area (Å²) >= 11 is 0. The lowest BCUT2D eigenvalue weighted by atomic mass is 9.96. The molecule has 1 fully saturated rings. The third-order valence-corrected chi connectivity index (χ3v) is 2.97. The number of aromatic nitrogens is 2. The molecule has 1 saturated heterocycles. The van der Waals surface area contributed by atoms with E-state index in [0.29, 0.717) is 12.5 Å². The van der Waals surface area contributed by atoms with Crippen molar-refractivity contribution in [2.75, 3.05) is 19.8 Å². The van der Waals surface area contributed by atoms with Crippen LogP contribution >= 0.6 is 0 Å². The lowest BCUT2D eigenvalue weighted by Crippen LogP contribution is -2.16. The molecule has 0 aliphatic carbocycles. The van der Waals surface area contributed by atoms with Crippen LogP contribution in [0.15, 0.2) is 12.3 Å². The summed E-state index contributed by atoms with van der Waals surface area (Å²) in [5.41, 5.74) is 6.66. The van der Waals surface area contributed by atoms with Gasteiger partial charge in [0.2, 0.25) is 0 Å². The van der Waals surface area contributed by atoms with Gasteiger partial charge in [-0.2, -0.15) is 0 Å². The Morgan fingerprint density at radius 1 is 1.38 bits per heavy atom. The molecule has 1 aromatic rings. The molecular weight excluding hydrogens is 202 g/mol. The summed E-state index contributed by atoms with van der Waals surface area (Å²) in [5, 5.41) is 0. The topological polar surface area (TPSA) is 61.0 Å². The molecule has 4 heteroatoms. The van der Waals surface area contributed by atoms with E-state index < -0.39 is 0 Å². The Morgan fingerprint density at radius 2 is 2.19 bits per heavy atom. The van der Waals surface area contributed by atoms with Crippen molar-refractivity contribution in [1.29, 1.82) is 0 Å². The van der Waals surface area contributed by atoms with E-state index in [1.165, 1.54) is 5.69 Å². The summed E-state index contributed by atoms with van der Waals surface area (Å²) in [6.07, 6.45) is 5.86. The van der Waals surface area contributed by atoms with E-state index in [1.807, 2.05) is 12.3 Å². The second kappa shape index (κ2) is 5.92. The Hall–Kier alpha value is -1.00. The Balaban J connectivity index is 2.02. The highest BCUT2D eigenvalue weighted by Gasteiger charge is 2.17. The van der Waals surface area contributed by atoms with Gasteiger partial charge in [-0.1, -0.05) is 0 Å². The second-order valence-corrected chi connectivity index (χ2v) is 4.18. The van der Waals surface area contributed by atoms with Crippen molar-refractivity contribution in [2.45, 2.75) is 31.6 Å². The zero-order valence-electron chi connectivity index (χ0n) is 9.56. The van der Waals surface area contributed by atoms with Crippen LogP contribution < -0.4 is 5.73 Å². The fraction of sp³-hybridized carbons (Fsp3) is 0.667. The van der Waals surface area contributed by atoms with E-state index in [0.717, 1.165) is 44.7 Å². The molecule has 2 N–H and O–H groups in total. The van der Waals surface area contributed by atoms with Crippen LogP contribution in [-0.2, 0) is 11.2 Å². The molecule has 0 spiro atoms. The molecule has 4 nitrogen and oxygen atoms in total. The first-order valence-corrected chi connectivity index (χ1v) is 6.00. The number of ether oxygens (including phenoxy) is 1. The summed E-state index contributed by atoms with van der Waals surface area (Å²) in [5.74, 6) is 1.47. The quantitative estimate of drug-likeness (QED) is 0.831. The van der Waals surface area contributed by atoms with Crippen molar-refractivity contribution in [3.63, 3.8) is 0 Å². The van der Waals surface area contributed by atoms with E-state index in [2.05, 4.69) is 9.97 Å². The van der Waals surface area contributed by atoms with E-state index in [4.69, 9.17) is 10.5 Å². The van der Waals surface area contributed by atoms with Gasteiger partial charge in [0.05, 0.1) is 0 Å². The minimum Gasteiger partial charge on any atom is -0.381 e. The molecule has 0 unspecified atom stereocenters. The number of nitrogens with zero attached hydrogens (tertiary/aromatic N) is 2. The fourth-order valence-electron chi connectivity index (χ4n) is 2.02. The maximum absolute atomic E-state index is 5.49. The highest BCUT2D eigenvalue weighted by Crippen LogP contribution is 2.24. The van der Waals surface area contributed by atoms with Gasteiger partial charge in [0, 0.05) is 37.4 Å². The minimum atomic E-state index is 0.549.